The van der Waals surface area contributed by atoms with E-state index in [9.17, 15) is 14.4 Å². The predicted molar refractivity (Wildman–Crippen MR) is 79.6 cm³/mol. The predicted octanol–water partition coefficient (Wildman–Crippen LogP) is 2.14. The normalized spacial score (nSPS) is 37.2. The lowest BCUT2D eigenvalue weighted by molar-refractivity contribution is -0.176. The summed E-state index contributed by atoms with van der Waals surface area (Å²) in [6.07, 6.45) is 3.46. The van der Waals surface area contributed by atoms with Gasteiger partial charge in [0.15, 0.2) is 0 Å². The Morgan fingerprint density at radius 3 is 2.23 bits per heavy atom. The second kappa shape index (κ2) is 5.07. The molecule has 5 atom stereocenters. The number of hydrogen-bond donors (Lipinski definition) is 0. The maximum atomic E-state index is 12.4. The molecular weight excluding hydrogens is 282 g/mol. The van der Waals surface area contributed by atoms with Crippen LogP contribution in [0.25, 0.3) is 0 Å². The first-order valence-corrected chi connectivity index (χ1v) is 8.23. The molecule has 0 spiro atoms. The molecule has 0 aromatic carbocycles. The topological polar surface area (TPSA) is 63.7 Å². The molecule has 2 aliphatic carbocycles. The molecule has 3 fully saturated rings. The molecule has 1 heterocycles. The molecule has 0 aromatic heterocycles. The van der Waals surface area contributed by atoms with Crippen LogP contribution in [0.15, 0.2) is 0 Å². The SMILES string of the molecule is CC(=O)OC1CC2CC3C(=O)N(C(=O)C(C)(C)C)C3CC2C1. The second-order valence-electron chi connectivity index (χ2n) is 8.13. The quantitative estimate of drug-likeness (QED) is 0.550. The van der Waals surface area contributed by atoms with E-state index in [-0.39, 0.29) is 35.8 Å². The summed E-state index contributed by atoms with van der Waals surface area (Å²) in [5, 5.41) is 0. The number of ether oxygens (including phenoxy) is 1. The van der Waals surface area contributed by atoms with Crippen LogP contribution in [0.5, 0.6) is 0 Å². The smallest absolute Gasteiger partial charge is 0.302 e. The van der Waals surface area contributed by atoms with Crippen LogP contribution in [0.2, 0.25) is 0 Å². The fraction of sp³-hybridized carbons (Fsp3) is 0.824. The highest BCUT2D eigenvalue weighted by molar-refractivity contribution is 6.03. The number of likely N-dealkylation sites (tertiary alicyclic amines) is 1. The molecule has 2 amide bonds. The van der Waals surface area contributed by atoms with E-state index in [4.69, 9.17) is 4.74 Å². The first kappa shape index (κ1) is 15.5. The summed E-state index contributed by atoms with van der Waals surface area (Å²) in [6.45, 7) is 7.01. The molecule has 0 N–H and O–H groups in total. The molecule has 2 saturated carbocycles. The molecule has 0 aromatic rings. The van der Waals surface area contributed by atoms with Gasteiger partial charge in [0.05, 0.1) is 12.0 Å². The molecule has 1 aliphatic heterocycles. The fourth-order valence-corrected chi connectivity index (χ4v) is 4.45. The number of rotatable bonds is 1. The molecule has 5 unspecified atom stereocenters. The van der Waals surface area contributed by atoms with Crippen LogP contribution in [0, 0.1) is 23.2 Å². The van der Waals surface area contributed by atoms with E-state index in [0.29, 0.717) is 11.8 Å². The van der Waals surface area contributed by atoms with E-state index in [2.05, 4.69) is 0 Å². The zero-order valence-corrected chi connectivity index (χ0v) is 13.8. The number of imide groups is 1. The zero-order chi connectivity index (χ0) is 16.2. The number of nitrogens with zero attached hydrogens (tertiary/aromatic N) is 1. The molecule has 22 heavy (non-hydrogen) atoms. The maximum absolute atomic E-state index is 12.4. The van der Waals surface area contributed by atoms with Crippen LogP contribution in [0.1, 0.15) is 53.4 Å². The number of hydrogen-bond acceptors (Lipinski definition) is 4. The molecule has 0 bridgehead atoms. The van der Waals surface area contributed by atoms with Gasteiger partial charge in [0, 0.05) is 12.3 Å². The van der Waals surface area contributed by atoms with Crippen molar-refractivity contribution < 1.29 is 19.1 Å². The van der Waals surface area contributed by atoms with Crippen molar-refractivity contribution in [2.45, 2.75) is 65.5 Å². The Morgan fingerprint density at radius 2 is 1.68 bits per heavy atom. The summed E-state index contributed by atoms with van der Waals surface area (Å²) in [6, 6.07) is 0.0663. The first-order chi connectivity index (χ1) is 10.2. The van der Waals surface area contributed by atoms with E-state index in [1.807, 2.05) is 20.8 Å². The van der Waals surface area contributed by atoms with Gasteiger partial charge < -0.3 is 4.74 Å². The zero-order valence-electron chi connectivity index (χ0n) is 13.8. The van der Waals surface area contributed by atoms with E-state index in [0.717, 1.165) is 25.7 Å². The van der Waals surface area contributed by atoms with Gasteiger partial charge in [-0.15, -0.1) is 0 Å². The largest absolute Gasteiger partial charge is 0.463 e. The Labute approximate surface area is 131 Å². The van der Waals surface area contributed by atoms with Crippen molar-refractivity contribution in [3.8, 4) is 0 Å². The van der Waals surface area contributed by atoms with E-state index in [1.165, 1.54) is 11.8 Å². The number of β-lactam (4-membered cyclic amide) rings is 1. The van der Waals surface area contributed by atoms with Crippen LogP contribution in [0.4, 0.5) is 0 Å². The summed E-state index contributed by atoms with van der Waals surface area (Å²) in [5.41, 5.74) is -0.520. The fourth-order valence-electron chi connectivity index (χ4n) is 4.45. The molecule has 1 saturated heterocycles. The molecule has 122 valence electrons. The van der Waals surface area contributed by atoms with Gasteiger partial charge in [0.2, 0.25) is 11.8 Å². The second-order valence-corrected chi connectivity index (χ2v) is 8.13. The Morgan fingerprint density at radius 1 is 1.09 bits per heavy atom. The monoisotopic (exact) mass is 307 g/mol. The maximum Gasteiger partial charge on any atom is 0.302 e. The summed E-state index contributed by atoms with van der Waals surface area (Å²) in [4.78, 5) is 37.4. The Kier molecular flexibility index (Phi) is 3.57. The first-order valence-electron chi connectivity index (χ1n) is 8.23. The molecule has 0 radical (unpaired) electrons. The van der Waals surface area contributed by atoms with Crippen molar-refractivity contribution in [3.63, 3.8) is 0 Å². The van der Waals surface area contributed by atoms with Gasteiger partial charge in [0.1, 0.15) is 6.10 Å². The van der Waals surface area contributed by atoms with E-state index < -0.39 is 5.41 Å². The van der Waals surface area contributed by atoms with Crippen molar-refractivity contribution in [2.24, 2.45) is 23.2 Å². The molecule has 5 heteroatoms. The van der Waals surface area contributed by atoms with Crippen molar-refractivity contribution in [2.75, 3.05) is 0 Å². The lowest BCUT2D eigenvalue weighted by atomic mass is 9.67. The van der Waals surface area contributed by atoms with Crippen LogP contribution in [-0.4, -0.2) is 34.8 Å². The number of amides is 2. The average molecular weight is 307 g/mol. The highest BCUT2D eigenvalue weighted by atomic mass is 16.5. The van der Waals surface area contributed by atoms with Crippen molar-refractivity contribution in [1.82, 2.24) is 4.90 Å². The van der Waals surface area contributed by atoms with E-state index >= 15 is 0 Å². The highest BCUT2D eigenvalue weighted by Gasteiger charge is 2.58. The minimum absolute atomic E-state index is 0.000638. The average Bonchev–Trinajstić information content (AvgIpc) is 2.76. The van der Waals surface area contributed by atoms with E-state index in [1.54, 1.807) is 0 Å². The van der Waals surface area contributed by atoms with Gasteiger partial charge in [0.25, 0.3) is 0 Å². The summed E-state index contributed by atoms with van der Waals surface area (Å²) < 4.78 is 5.34. The van der Waals surface area contributed by atoms with Crippen LogP contribution < -0.4 is 0 Å². The van der Waals surface area contributed by atoms with Crippen LogP contribution >= 0.6 is 0 Å². The third-order valence-electron chi connectivity index (χ3n) is 5.44. The minimum atomic E-state index is -0.520. The number of esters is 1. The lowest BCUT2D eigenvalue weighted by Crippen LogP contribution is -2.67. The summed E-state index contributed by atoms with van der Waals surface area (Å²) in [5.74, 6) is 0.636. The standard InChI is InChI=1S/C17H25NO4/c1-9(19)22-12-5-10-7-13-14(8-11(10)6-12)18(15(13)20)16(21)17(2,3)4/h10-14H,5-8H2,1-4H3. The molecule has 5 nitrogen and oxygen atoms in total. The number of carbonyl (C=O) groups is 3. The molecule has 3 rings (SSSR count). The van der Waals surface area contributed by atoms with Gasteiger partial charge in [-0.25, -0.2) is 0 Å². The lowest BCUT2D eigenvalue weighted by Gasteiger charge is -2.53. The van der Waals surface area contributed by atoms with Crippen molar-refractivity contribution in [3.05, 3.63) is 0 Å². The third-order valence-corrected chi connectivity index (χ3v) is 5.44. The van der Waals surface area contributed by atoms with Gasteiger partial charge >= 0.3 is 5.97 Å². The van der Waals surface area contributed by atoms with Gasteiger partial charge in [-0.05, 0) is 37.5 Å². The van der Waals surface area contributed by atoms with Crippen molar-refractivity contribution >= 4 is 17.8 Å². The van der Waals surface area contributed by atoms with Crippen molar-refractivity contribution in [1.29, 1.82) is 0 Å². The van der Waals surface area contributed by atoms with Gasteiger partial charge in [-0.3, -0.25) is 19.3 Å². The summed E-state index contributed by atoms with van der Waals surface area (Å²) >= 11 is 0. The highest BCUT2D eigenvalue weighted by Crippen LogP contribution is 2.51. The van der Waals surface area contributed by atoms with Gasteiger partial charge in [-0.2, -0.15) is 0 Å². The van der Waals surface area contributed by atoms with Crippen LogP contribution in [0.3, 0.4) is 0 Å². The Balaban J connectivity index is 1.68. The van der Waals surface area contributed by atoms with Crippen LogP contribution in [-0.2, 0) is 19.1 Å². The number of fused-ring (bicyclic) bond motifs is 2. The minimum Gasteiger partial charge on any atom is -0.463 e. The summed E-state index contributed by atoms with van der Waals surface area (Å²) in [7, 11) is 0. The molecular formula is C17H25NO4. The molecule has 3 aliphatic rings. The Hall–Kier alpha value is -1.39. The van der Waals surface area contributed by atoms with Gasteiger partial charge in [-0.1, -0.05) is 20.8 Å². The Bertz CT molecular complexity index is 521. The number of carbonyl (C=O) groups excluding carboxylic acids is 3. The third kappa shape index (κ3) is 2.44.